The zero-order valence-corrected chi connectivity index (χ0v) is 13.7. The van der Waals surface area contributed by atoms with Crippen LogP contribution >= 0.6 is 27.5 Å². The van der Waals surface area contributed by atoms with Crippen molar-refractivity contribution < 1.29 is 0 Å². The highest BCUT2D eigenvalue weighted by atomic mass is 79.9. The molecule has 0 aliphatic heterocycles. The second kappa shape index (κ2) is 5.82. The van der Waals surface area contributed by atoms with E-state index in [4.69, 9.17) is 11.6 Å². The molecule has 0 fully saturated rings. The Morgan fingerprint density at radius 1 is 1.20 bits per heavy atom. The highest BCUT2D eigenvalue weighted by Gasteiger charge is 2.11. The molecule has 1 aromatic heterocycles. The van der Waals surface area contributed by atoms with Gasteiger partial charge in [-0.15, -0.1) is 0 Å². The van der Waals surface area contributed by atoms with Gasteiger partial charge in [0, 0.05) is 15.2 Å². The number of rotatable bonds is 2. The number of anilines is 2. The van der Waals surface area contributed by atoms with Crippen LogP contribution in [0.4, 0.5) is 11.4 Å². The lowest BCUT2D eigenvalue weighted by atomic mass is 10.1. The maximum Gasteiger partial charge on any atom is 0.103 e. The van der Waals surface area contributed by atoms with Gasteiger partial charge in [-0.1, -0.05) is 11.6 Å². The number of pyridine rings is 1. The monoisotopic (exact) mass is 349 g/mol. The SMILES string of the molecule is Cc1cc(Nc2cc(Cl)c(C)cc2Br)c(C#N)c(C)n1. The fourth-order valence-electron chi connectivity index (χ4n) is 1.96. The molecule has 1 N–H and O–H groups in total. The molecule has 2 rings (SSSR count). The van der Waals surface area contributed by atoms with Crippen molar-refractivity contribution in [3.05, 3.63) is 50.2 Å². The van der Waals surface area contributed by atoms with Crippen LogP contribution in [0.2, 0.25) is 5.02 Å². The van der Waals surface area contributed by atoms with E-state index in [0.29, 0.717) is 16.3 Å². The van der Waals surface area contributed by atoms with Crippen molar-refractivity contribution in [3.63, 3.8) is 0 Å². The van der Waals surface area contributed by atoms with Crippen molar-refractivity contribution in [2.75, 3.05) is 5.32 Å². The van der Waals surface area contributed by atoms with Crippen molar-refractivity contribution in [1.82, 2.24) is 4.98 Å². The van der Waals surface area contributed by atoms with Crippen LogP contribution in [0.5, 0.6) is 0 Å². The van der Waals surface area contributed by atoms with E-state index in [-0.39, 0.29) is 0 Å². The first-order chi connectivity index (χ1) is 9.42. The minimum atomic E-state index is 0.541. The molecule has 0 bridgehead atoms. The van der Waals surface area contributed by atoms with Gasteiger partial charge in [-0.25, -0.2) is 0 Å². The molecule has 0 aliphatic rings. The van der Waals surface area contributed by atoms with Gasteiger partial charge in [0.25, 0.3) is 0 Å². The van der Waals surface area contributed by atoms with Gasteiger partial charge in [0.2, 0.25) is 0 Å². The van der Waals surface area contributed by atoms with Crippen molar-refractivity contribution in [2.24, 2.45) is 0 Å². The van der Waals surface area contributed by atoms with Gasteiger partial charge < -0.3 is 5.32 Å². The van der Waals surface area contributed by atoms with E-state index >= 15 is 0 Å². The number of hydrogen-bond donors (Lipinski definition) is 1. The molecule has 20 heavy (non-hydrogen) atoms. The summed E-state index contributed by atoms with van der Waals surface area (Å²) in [5, 5.41) is 13.2. The summed E-state index contributed by atoms with van der Waals surface area (Å²) in [6, 6.07) is 7.82. The van der Waals surface area contributed by atoms with Crippen LogP contribution in [0.25, 0.3) is 0 Å². The quantitative estimate of drug-likeness (QED) is 0.825. The molecule has 0 spiro atoms. The molecule has 0 amide bonds. The maximum atomic E-state index is 9.27. The molecule has 0 atom stereocenters. The number of nitriles is 1. The van der Waals surface area contributed by atoms with Crippen LogP contribution in [0, 0.1) is 32.1 Å². The van der Waals surface area contributed by atoms with Crippen molar-refractivity contribution in [3.8, 4) is 6.07 Å². The second-order valence-electron chi connectivity index (χ2n) is 4.59. The average molecular weight is 351 g/mol. The number of benzene rings is 1. The second-order valence-corrected chi connectivity index (χ2v) is 5.85. The number of nitrogens with one attached hydrogen (secondary N) is 1. The predicted octanol–water partition coefficient (Wildman–Crippen LogP) is 5.04. The van der Waals surface area contributed by atoms with E-state index in [9.17, 15) is 5.26 Å². The standard InChI is InChI=1S/C15H13BrClN3/c1-8-4-12(16)15(6-13(8)17)20-14-5-9(2)19-10(3)11(14)7-18/h4-6H,1-3H3,(H,19,20). The summed E-state index contributed by atoms with van der Waals surface area (Å²) >= 11 is 9.65. The van der Waals surface area contributed by atoms with Crippen LogP contribution in [0.3, 0.4) is 0 Å². The third-order valence-corrected chi connectivity index (χ3v) is 4.02. The number of aryl methyl sites for hydroxylation is 3. The van der Waals surface area contributed by atoms with Crippen molar-refractivity contribution in [1.29, 1.82) is 5.26 Å². The first-order valence-corrected chi connectivity index (χ1v) is 7.20. The highest BCUT2D eigenvalue weighted by Crippen LogP contribution is 2.32. The first-order valence-electron chi connectivity index (χ1n) is 6.03. The maximum absolute atomic E-state index is 9.27. The first kappa shape index (κ1) is 14.8. The van der Waals surface area contributed by atoms with Crippen molar-refractivity contribution >= 4 is 38.9 Å². The summed E-state index contributed by atoms with van der Waals surface area (Å²) < 4.78 is 0.899. The van der Waals surface area contributed by atoms with E-state index in [1.807, 2.05) is 39.0 Å². The zero-order chi connectivity index (χ0) is 14.9. The summed E-state index contributed by atoms with van der Waals surface area (Å²) in [6.07, 6.45) is 0. The lowest BCUT2D eigenvalue weighted by molar-refractivity contribution is 1.11. The summed E-state index contributed by atoms with van der Waals surface area (Å²) in [5.74, 6) is 0. The number of halogens is 2. The minimum absolute atomic E-state index is 0.541. The van der Waals surface area contributed by atoms with Gasteiger partial charge in [-0.3, -0.25) is 4.98 Å². The van der Waals surface area contributed by atoms with E-state index in [2.05, 4.69) is 32.3 Å². The van der Waals surface area contributed by atoms with Crippen LogP contribution < -0.4 is 5.32 Å². The fourth-order valence-corrected chi connectivity index (χ4v) is 2.68. The molecule has 0 aliphatic carbocycles. The van der Waals surface area contributed by atoms with Gasteiger partial charge in [-0.2, -0.15) is 5.26 Å². The molecule has 0 saturated carbocycles. The normalized spacial score (nSPS) is 10.2. The molecule has 0 saturated heterocycles. The topological polar surface area (TPSA) is 48.7 Å². The van der Waals surface area contributed by atoms with E-state index < -0.39 is 0 Å². The number of nitrogens with zero attached hydrogens (tertiary/aromatic N) is 2. The van der Waals surface area contributed by atoms with E-state index in [1.165, 1.54) is 0 Å². The summed E-state index contributed by atoms with van der Waals surface area (Å²) in [5.41, 5.74) is 4.66. The summed E-state index contributed by atoms with van der Waals surface area (Å²) in [4.78, 5) is 4.30. The van der Waals surface area contributed by atoms with Crippen LogP contribution in [-0.2, 0) is 0 Å². The molecule has 0 radical (unpaired) electrons. The highest BCUT2D eigenvalue weighted by molar-refractivity contribution is 9.10. The largest absolute Gasteiger partial charge is 0.353 e. The van der Waals surface area contributed by atoms with Gasteiger partial charge in [0.05, 0.1) is 22.6 Å². The number of hydrogen-bond acceptors (Lipinski definition) is 3. The van der Waals surface area contributed by atoms with E-state index in [0.717, 1.165) is 27.1 Å². The molecule has 2 aromatic rings. The fraction of sp³-hybridized carbons (Fsp3) is 0.200. The molecule has 3 nitrogen and oxygen atoms in total. The van der Waals surface area contributed by atoms with Crippen molar-refractivity contribution in [2.45, 2.75) is 20.8 Å². The predicted molar refractivity (Wildman–Crippen MR) is 85.6 cm³/mol. The third kappa shape index (κ3) is 2.95. The minimum Gasteiger partial charge on any atom is -0.353 e. The van der Waals surface area contributed by atoms with Gasteiger partial charge >= 0.3 is 0 Å². The Balaban J connectivity index is 2.51. The molecule has 0 unspecified atom stereocenters. The van der Waals surface area contributed by atoms with Gasteiger partial charge in [0.15, 0.2) is 0 Å². The summed E-state index contributed by atoms with van der Waals surface area (Å²) in [7, 11) is 0. The molecule has 102 valence electrons. The number of aromatic nitrogens is 1. The van der Waals surface area contributed by atoms with Crippen LogP contribution in [0.15, 0.2) is 22.7 Å². The third-order valence-electron chi connectivity index (χ3n) is 2.96. The Hall–Kier alpha value is -1.57. The Morgan fingerprint density at radius 3 is 2.55 bits per heavy atom. The Bertz CT molecular complexity index is 720. The van der Waals surface area contributed by atoms with Crippen LogP contribution in [0.1, 0.15) is 22.5 Å². The van der Waals surface area contributed by atoms with Gasteiger partial charge in [-0.05, 0) is 60.5 Å². The summed E-state index contributed by atoms with van der Waals surface area (Å²) in [6.45, 7) is 5.67. The average Bonchev–Trinajstić information content (AvgIpc) is 2.35. The van der Waals surface area contributed by atoms with E-state index in [1.54, 1.807) is 0 Å². The molecular formula is C15H13BrClN3. The Labute approximate surface area is 131 Å². The zero-order valence-electron chi connectivity index (χ0n) is 11.4. The molecule has 1 aromatic carbocycles. The smallest absolute Gasteiger partial charge is 0.103 e. The lowest BCUT2D eigenvalue weighted by Gasteiger charge is -2.13. The molecule has 5 heteroatoms. The van der Waals surface area contributed by atoms with Crippen LogP contribution in [-0.4, -0.2) is 4.98 Å². The molecule has 1 heterocycles. The Morgan fingerprint density at radius 2 is 1.90 bits per heavy atom. The lowest BCUT2D eigenvalue weighted by Crippen LogP contribution is -2.00. The molecular weight excluding hydrogens is 338 g/mol. The Kier molecular flexibility index (Phi) is 4.32. The van der Waals surface area contributed by atoms with Gasteiger partial charge in [0.1, 0.15) is 6.07 Å².